The second-order valence-electron chi connectivity index (χ2n) is 8.97. The van der Waals surface area contributed by atoms with Gasteiger partial charge in [0.25, 0.3) is 0 Å². The Morgan fingerprint density at radius 3 is 2.39 bits per heavy atom. The van der Waals surface area contributed by atoms with Crippen LogP contribution in [-0.2, 0) is 11.2 Å². The molecule has 5 rings (SSSR count). The van der Waals surface area contributed by atoms with Gasteiger partial charge in [0, 0.05) is 5.54 Å². The van der Waals surface area contributed by atoms with Gasteiger partial charge >= 0.3 is 0 Å². The number of benzene rings is 1. The normalized spacial score (nSPS) is 38.0. The first-order chi connectivity index (χ1) is 11.0. The third-order valence-corrected chi connectivity index (χ3v) is 6.94. The summed E-state index contributed by atoms with van der Waals surface area (Å²) in [5, 5.41) is 3.51. The van der Waals surface area contributed by atoms with E-state index in [4.69, 9.17) is 0 Å². The van der Waals surface area contributed by atoms with Gasteiger partial charge in [0.15, 0.2) is 0 Å². The van der Waals surface area contributed by atoms with E-state index in [1.807, 2.05) is 18.2 Å². The van der Waals surface area contributed by atoms with Crippen LogP contribution in [0.5, 0.6) is 0 Å². The summed E-state index contributed by atoms with van der Waals surface area (Å²) in [5.74, 6) is 2.64. The van der Waals surface area contributed by atoms with Crippen molar-refractivity contribution < 1.29 is 4.79 Å². The largest absolute Gasteiger partial charge is 0.350 e. The summed E-state index contributed by atoms with van der Waals surface area (Å²) in [5.41, 5.74) is 1.71. The zero-order valence-corrected chi connectivity index (χ0v) is 14.5. The summed E-state index contributed by atoms with van der Waals surface area (Å²) in [7, 11) is 0. The maximum absolute atomic E-state index is 12.7. The van der Waals surface area contributed by atoms with Gasteiger partial charge in [-0.25, -0.2) is 0 Å². The number of carbonyl (C=O) groups excluding carboxylic acids is 1. The molecule has 2 unspecified atom stereocenters. The van der Waals surface area contributed by atoms with Crippen molar-refractivity contribution in [3.63, 3.8) is 0 Å². The van der Waals surface area contributed by atoms with Crippen LogP contribution in [0.25, 0.3) is 0 Å². The Balaban J connectivity index is 1.51. The van der Waals surface area contributed by atoms with Gasteiger partial charge in [0.1, 0.15) is 0 Å². The standard InChI is InChI=1S/C21H29NO/c1-15(2)20-10-17-8-18(11-20)13-21(12-17,14-20)22-19(23)9-16-6-4-3-5-7-16/h3-7,15,17-18H,8-14H2,1-2H3,(H,22,23). The molecule has 1 aromatic rings. The lowest BCUT2D eigenvalue weighted by Gasteiger charge is -2.63. The van der Waals surface area contributed by atoms with Crippen molar-refractivity contribution in [1.29, 1.82) is 0 Å². The van der Waals surface area contributed by atoms with E-state index in [0.717, 1.165) is 23.3 Å². The molecule has 23 heavy (non-hydrogen) atoms. The van der Waals surface area contributed by atoms with E-state index in [1.54, 1.807) is 0 Å². The maximum Gasteiger partial charge on any atom is 0.224 e. The molecule has 4 fully saturated rings. The number of amides is 1. The third-order valence-electron chi connectivity index (χ3n) is 6.94. The van der Waals surface area contributed by atoms with E-state index in [1.165, 1.54) is 38.5 Å². The van der Waals surface area contributed by atoms with Gasteiger partial charge in [0.2, 0.25) is 5.91 Å². The second kappa shape index (κ2) is 5.36. The van der Waals surface area contributed by atoms with Crippen LogP contribution in [0, 0.1) is 23.2 Å². The molecule has 0 spiro atoms. The summed E-state index contributed by atoms with van der Waals surface area (Å²) < 4.78 is 0. The SMILES string of the molecule is CC(C)C12CC3CC(CC(NC(=O)Cc4ccccc4)(C3)C1)C2. The van der Waals surface area contributed by atoms with E-state index in [-0.39, 0.29) is 11.4 Å². The first-order valence-electron chi connectivity index (χ1n) is 9.34. The molecule has 4 bridgehead atoms. The lowest BCUT2D eigenvalue weighted by atomic mass is 9.44. The van der Waals surface area contributed by atoms with Crippen LogP contribution in [0.15, 0.2) is 30.3 Å². The van der Waals surface area contributed by atoms with Crippen molar-refractivity contribution in [3.8, 4) is 0 Å². The summed E-state index contributed by atoms with van der Waals surface area (Å²) in [6.07, 6.45) is 8.38. The molecule has 1 amide bonds. The zero-order chi connectivity index (χ0) is 16.1. The van der Waals surface area contributed by atoms with Gasteiger partial charge < -0.3 is 5.32 Å². The Kier molecular flexibility index (Phi) is 3.55. The molecule has 1 N–H and O–H groups in total. The van der Waals surface area contributed by atoms with Gasteiger partial charge in [-0.2, -0.15) is 0 Å². The monoisotopic (exact) mass is 311 g/mol. The second-order valence-corrected chi connectivity index (χ2v) is 8.97. The van der Waals surface area contributed by atoms with Crippen LogP contribution < -0.4 is 5.32 Å². The highest BCUT2D eigenvalue weighted by Crippen LogP contribution is 2.64. The Morgan fingerprint density at radius 1 is 1.13 bits per heavy atom. The Bertz CT molecular complexity index is 577. The van der Waals surface area contributed by atoms with Crippen molar-refractivity contribution >= 4 is 5.91 Å². The summed E-state index contributed by atoms with van der Waals surface area (Å²) in [4.78, 5) is 12.7. The van der Waals surface area contributed by atoms with E-state index in [9.17, 15) is 4.79 Å². The fraction of sp³-hybridized carbons (Fsp3) is 0.667. The topological polar surface area (TPSA) is 29.1 Å². The Morgan fingerprint density at radius 2 is 1.78 bits per heavy atom. The maximum atomic E-state index is 12.7. The minimum atomic E-state index is 0.0974. The molecular formula is C21H29NO. The van der Waals surface area contributed by atoms with Gasteiger partial charge in [-0.15, -0.1) is 0 Å². The quantitative estimate of drug-likeness (QED) is 0.880. The molecule has 2 nitrogen and oxygen atoms in total. The molecule has 124 valence electrons. The van der Waals surface area contributed by atoms with Crippen LogP contribution >= 0.6 is 0 Å². The minimum Gasteiger partial charge on any atom is -0.350 e. The number of carbonyl (C=O) groups is 1. The van der Waals surface area contributed by atoms with Crippen molar-refractivity contribution in [3.05, 3.63) is 35.9 Å². The van der Waals surface area contributed by atoms with Crippen LogP contribution in [0.3, 0.4) is 0 Å². The van der Waals surface area contributed by atoms with Crippen LogP contribution in [0.4, 0.5) is 0 Å². The zero-order valence-electron chi connectivity index (χ0n) is 14.5. The lowest BCUT2D eigenvalue weighted by Crippen LogP contribution is -2.64. The highest BCUT2D eigenvalue weighted by Gasteiger charge is 2.58. The summed E-state index contributed by atoms with van der Waals surface area (Å²) in [6.45, 7) is 4.79. The molecule has 2 heteroatoms. The Hall–Kier alpha value is -1.31. The predicted molar refractivity (Wildman–Crippen MR) is 93.0 cm³/mol. The number of hydrogen-bond acceptors (Lipinski definition) is 1. The fourth-order valence-electron chi connectivity index (χ4n) is 6.28. The smallest absolute Gasteiger partial charge is 0.224 e. The van der Waals surface area contributed by atoms with E-state index < -0.39 is 0 Å². The molecule has 0 aliphatic heterocycles. The average molecular weight is 311 g/mol. The molecule has 1 aromatic carbocycles. The van der Waals surface area contributed by atoms with Gasteiger partial charge in [-0.3, -0.25) is 4.79 Å². The highest BCUT2D eigenvalue weighted by molar-refractivity contribution is 5.79. The molecular weight excluding hydrogens is 282 g/mol. The average Bonchev–Trinajstić information content (AvgIpc) is 2.45. The third kappa shape index (κ3) is 2.70. The fourth-order valence-corrected chi connectivity index (χ4v) is 6.28. The molecule has 0 saturated heterocycles. The molecule has 0 aromatic heterocycles. The van der Waals surface area contributed by atoms with Crippen molar-refractivity contribution in [2.45, 2.75) is 64.3 Å². The number of nitrogens with one attached hydrogen (secondary N) is 1. The molecule has 4 aliphatic carbocycles. The number of rotatable bonds is 4. The van der Waals surface area contributed by atoms with Gasteiger partial charge in [0.05, 0.1) is 6.42 Å². The lowest BCUT2D eigenvalue weighted by molar-refractivity contribution is -0.134. The van der Waals surface area contributed by atoms with Crippen molar-refractivity contribution in [1.82, 2.24) is 5.32 Å². The summed E-state index contributed by atoms with van der Waals surface area (Å²) in [6, 6.07) is 10.1. The predicted octanol–water partition coefficient (Wildman–Crippen LogP) is 4.34. The molecule has 0 heterocycles. The first kappa shape index (κ1) is 15.2. The van der Waals surface area contributed by atoms with Gasteiger partial charge in [-0.05, 0) is 67.3 Å². The molecule has 2 atom stereocenters. The molecule has 4 saturated carbocycles. The Labute approximate surface area is 140 Å². The van der Waals surface area contributed by atoms with Crippen LogP contribution in [-0.4, -0.2) is 11.4 Å². The van der Waals surface area contributed by atoms with E-state index in [0.29, 0.717) is 11.8 Å². The van der Waals surface area contributed by atoms with E-state index in [2.05, 4.69) is 31.3 Å². The highest BCUT2D eigenvalue weighted by atomic mass is 16.1. The van der Waals surface area contributed by atoms with Crippen LogP contribution in [0.1, 0.15) is 57.9 Å². The molecule has 0 radical (unpaired) electrons. The molecule has 4 aliphatic rings. The van der Waals surface area contributed by atoms with Crippen molar-refractivity contribution in [2.24, 2.45) is 23.2 Å². The van der Waals surface area contributed by atoms with E-state index >= 15 is 0 Å². The van der Waals surface area contributed by atoms with Crippen LogP contribution in [0.2, 0.25) is 0 Å². The van der Waals surface area contributed by atoms with Crippen molar-refractivity contribution in [2.75, 3.05) is 0 Å². The summed E-state index contributed by atoms with van der Waals surface area (Å²) >= 11 is 0. The van der Waals surface area contributed by atoms with Gasteiger partial charge in [-0.1, -0.05) is 44.2 Å². The minimum absolute atomic E-state index is 0.0974. The number of hydrogen-bond donors (Lipinski definition) is 1. The first-order valence-corrected chi connectivity index (χ1v) is 9.34.